The molecule has 1 heterocycles. The van der Waals surface area contributed by atoms with Gasteiger partial charge in [-0.25, -0.2) is 8.42 Å². The van der Waals surface area contributed by atoms with E-state index < -0.39 is 15.4 Å². The Labute approximate surface area is 129 Å². The molecule has 21 heavy (non-hydrogen) atoms. The number of ether oxygens (including phenoxy) is 1. The molecule has 116 valence electrons. The van der Waals surface area contributed by atoms with Gasteiger partial charge in [-0.1, -0.05) is 17.3 Å². The van der Waals surface area contributed by atoms with Crippen molar-refractivity contribution in [2.75, 3.05) is 12.5 Å². The number of hydrogen-bond donors (Lipinski definition) is 0. The second-order valence-electron chi connectivity index (χ2n) is 5.18. The quantitative estimate of drug-likeness (QED) is 0.778. The third-order valence-electron chi connectivity index (χ3n) is 3.10. The van der Waals surface area contributed by atoms with E-state index >= 15 is 0 Å². The highest BCUT2D eigenvalue weighted by molar-refractivity contribution is 8.05. The normalized spacial score (nSPS) is 21.8. The van der Waals surface area contributed by atoms with Gasteiger partial charge in [0.25, 0.3) is 0 Å². The Morgan fingerprint density at radius 2 is 2.24 bits per heavy atom. The number of sulfone groups is 1. The van der Waals surface area contributed by atoms with Crippen LogP contribution >= 0.6 is 11.6 Å². The van der Waals surface area contributed by atoms with Crippen LogP contribution in [-0.2, 0) is 20.4 Å². The van der Waals surface area contributed by atoms with Crippen molar-refractivity contribution in [1.82, 2.24) is 0 Å². The first-order valence-corrected chi connectivity index (χ1v) is 8.83. The van der Waals surface area contributed by atoms with Crippen LogP contribution in [0.25, 0.3) is 0 Å². The van der Waals surface area contributed by atoms with Crippen LogP contribution in [0.15, 0.2) is 29.4 Å². The summed E-state index contributed by atoms with van der Waals surface area (Å²) in [5, 5.41) is 3.75. The van der Waals surface area contributed by atoms with Crippen molar-refractivity contribution in [1.29, 1.82) is 0 Å². The summed E-state index contributed by atoms with van der Waals surface area (Å²) in [5.41, 5.74) is -0.0833. The zero-order valence-corrected chi connectivity index (χ0v) is 13.6. The fourth-order valence-corrected chi connectivity index (χ4v) is 3.58. The fourth-order valence-electron chi connectivity index (χ4n) is 1.98. The molecule has 1 aliphatic heterocycles. The number of halogens is 1. The average molecular weight is 332 g/mol. The van der Waals surface area contributed by atoms with Gasteiger partial charge in [0, 0.05) is 6.42 Å². The molecule has 0 saturated heterocycles. The lowest BCUT2D eigenvalue weighted by atomic mass is 10.1. The molecule has 0 radical (unpaired) electrons. The number of rotatable bonds is 5. The Bertz CT molecular complexity index is 644. The molecule has 0 N–H and O–H groups in total. The lowest BCUT2D eigenvalue weighted by molar-refractivity contribution is 0.0152. The number of oxime groups is 1. The highest BCUT2D eigenvalue weighted by Gasteiger charge is 2.39. The van der Waals surface area contributed by atoms with E-state index in [0.29, 0.717) is 17.9 Å². The molecule has 1 aromatic carbocycles. The van der Waals surface area contributed by atoms with Crippen LogP contribution in [0.5, 0.6) is 5.75 Å². The summed E-state index contributed by atoms with van der Waals surface area (Å²) in [6.07, 6.45) is 0.198. The van der Waals surface area contributed by atoms with Gasteiger partial charge in [-0.2, -0.15) is 0 Å². The zero-order chi connectivity index (χ0) is 15.5. The predicted molar refractivity (Wildman–Crippen MR) is 82.5 cm³/mol. The SMILES string of the molecule is CCOc1cccc(CS(=O)(=O)C2=NOC(C)(CCl)C2)c1. The fraction of sp³-hybridized carbons (Fsp3) is 0.500. The molecule has 1 aromatic rings. The van der Waals surface area contributed by atoms with Gasteiger partial charge in [-0.05, 0) is 31.5 Å². The molecule has 0 saturated carbocycles. The minimum atomic E-state index is -3.52. The summed E-state index contributed by atoms with van der Waals surface area (Å²) in [6.45, 7) is 4.15. The number of hydrogen-bond acceptors (Lipinski definition) is 5. The Kier molecular flexibility index (Phi) is 4.78. The molecule has 7 heteroatoms. The smallest absolute Gasteiger partial charge is 0.199 e. The number of nitrogens with zero attached hydrogens (tertiary/aromatic N) is 1. The monoisotopic (exact) mass is 331 g/mol. The van der Waals surface area contributed by atoms with E-state index in [2.05, 4.69) is 5.16 Å². The molecule has 0 aromatic heterocycles. The highest BCUT2D eigenvalue weighted by atomic mass is 35.5. The largest absolute Gasteiger partial charge is 0.494 e. The third-order valence-corrected chi connectivity index (χ3v) is 5.32. The van der Waals surface area contributed by atoms with Crippen LogP contribution in [0.2, 0.25) is 0 Å². The Morgan fingerprint density at radius 1 is 1.48 bits per heavy atom. The zero-order valence-electron chi connectivity index (χ0n) is 12.0. The van der Waals surface area contributed by atoms with Gasteiger partial charge >= 0.3 is 0 Å². The number of benzene rings is 1. The lowest BCUT2D eigenvalue weighted by Crippen LogP contribution is -2.28. The summed E-state index contributed by atoms with van der Waals surface area (Å²) >= 11 is 5.77. The molecule has 1 unspecified atom stereocenters. The number of alkyl halides is 1. The van der Waals surface area contributed by atoms with Gasteiger partial charge in [-0.3, -0.25) is 0 Å². The van der Waals surface area contributed by atoms with E-state index in [-0.39, 0.29) is 23.1 Å². The van der Waals surface area contributed by atoms with Crippen LogP contribution in [0.1, 0.15) is 25.8 Å². The summed E-state index contributed by atoms with van der Waals surface area (Å²) in [7, 11) is -3.52. The Morgan fingerprint density at radius 3 is 2.86 bits per heavy atom. The van der Waals surface area contributed by atoms with Crippen molar-refractivity contribution in [3.63, 3.8) is 0 Å². The summed E-state index contributed by atoms with van der Waals surface area (Å²) in [4.78, 5) is 5.14. The summed E-state index contributed by atoms with van der Waals surface area (Å²) in [6, 6.07) is 7.03. The van der Waals surface area contributed by atoms with Crippen LogP contribution < -0.4 is 4.74 Å². The molecule has 1 atom stereocenters. The first kappa shape index (κ1) is 16.1. The highest BCUT2D eigenvalue weighted by Crippen LogP contribution is 2.28. The van der Waals surface area contributed by atoms with Gasteiger partial charge in [0.05, 0.1) is 18.2 Å². The second-order valence-corrected chi connectivity index (χ2v) is 7.43. The van der Waals surface area contributed by atoms with Crippen molar-refractivity contribution < 1.29 is 18.0 Å². The van der Waals surface area contributed by atoms with Crippen molar-refractivity contribution in [2.45, 2.75) is 31.6 Å². The van der Waals surface area contributed by atoms with E-state index in [9.17, 15) is 8.42 Å². The van der Waals surface area contributed by atoms with Gasteiger partial charge < -0.3 is 9.57 Å². The van der Waals surface area contributed by atoms with Gasteiger partial charge in [0.1, 0.15) is 5.75 Å². The third kappa shape index (κ3) is 3.89. The van der Waals surface area contributed by atoms with Crippen molar-refractivity contribution >= 4 is 26.5 Å². The lowest BCUT2D eigenvalue weighted by Gasteiger charge is -2.16. The average Bonchev–Trinajstić information content (AvgIpc) is 2.83. The van der Waals surface area contributed by atoms with Crippen molar-refractivity contribution in [3.05, 3.63) is 29.8 Å². The van der Waals surface area contributed by atoms with Crippen LogP contribution in [0, 0.1) is 0 Å². The molecule has 1 aliphatic rings. The predicted octanol–water partition coefficient (Wildman–Crippen LogP) is 2.73. The molecule has 0 bridgehead atoms. The molecule has 5 nitrogen and oxygen atoms in total. The van der Waals surface area contributed by atoms with Gasteiger partial charge in [0.2, 0.25) is 0 Å². The van der Waals surface area contributed by atoms with E-state index in [4.69, 9.17) is 21.2 Å². The molecule has 0 aliphatic carbocycles. The standard InChI is InChI=1S/C14H18ClNO4S/c1-3-19-12-6-4-5-11(7-12)9-21(17,18)13-8-14(2,10-15)20-16-13/h4-7H,3,8-10H2,1-2H3. The topological polar surface area (TPSA) is 65.0 Å². The van der Waals surface area contributed by atoms with Crippen LogP contribution in [0.4, 0.5) is 0 Å². The van der Waals surface area contributed by atoms with Crippen molar-refractivity contribution in [3.8, 4) is 5.75 Å². The maximum atomic E-state index is 12.4. The minimum absolute atomic E-state index is 0.0486. The maximum absolute atomic E-state index is 12.4. The minimum Gasteiger partial charge on any atom is -0.494 e. The molecule has 0 spiro atoms. The molecule has 2 rings (SSSR count). The Balaban J connectivity index is 2.13. The first-order valence-electron chi connectivity index (χ1n) is 6.64. The molecule has 0 amide bonds. The van der Waals surface area contributed by atoms with Gasteiger partial charge in [0.15, 0.2) is 20.5 Å². The maximum Gasteiger partial charge on any atom is 0.199 e. The molecular weight excluding hydrogens is 314 g/mol. The Hall–Kier alpha value is -1.27. The first-order chi connectivity index (χ1) is 9.88. The van der Waals surface area contributed by atoms with Crippen LogP contribution in [0.3, 0.4) is 0 Å². The van der Waals surface area contributed by atoms with E-state index in [1.54, 1.807) is 31.2 Å². The van der Waals surface area contributed by atoms with Crippen LogP contribution in [-0.4, -0.2) is 31.5 Å². The molecule has 0 fully saturated rings. The van der Waals surface area contributed by atoms with Gasteiger partial charge in [-0.15, -0.1) is 11.6 Å². The van der Waals surface area contributed by atoms with Crippen molar-refractivity contribution in [2.24, 2.45) is 5.16 Å². The summed E-state index contributed by atoms with van der Waals surface area (Å²) in [5.74, 6) is 0.712. The van der Waals surface area contributed by atoms with E-state index in [0.717, 1.165) is 0 Å². The van der Waals surface area contributed by atoms with E-state index in [1.807, 2.05) is 6.92 Å². The molecular formula is C14H18ClNO4S. The summed E-state index contributed by atoms with van der Waals surface area (Å²) < 4.78 is 30.1. The second kappa shape index (κ2) is 6.23. The van der Waals surface area contributed by atoms with E-state index in [1.165, 1.54) is 0 Å².